The van der Waals surface area contributed by atoms with Crippen molar-refractivity contribution >= 4 is 45.6 Å². The van der Waals surface area contributed by atoms with Gasteiger partial charge in [-0.25, -0.2) is 14.0 Å². The largest absolute Gasteiger partial charge is 0.508 e. The minimum absolute atomic E-state index is 0.0762. The third-order valence-electron chi connectivity index (χ3n) is 4.24. The lowest BCUT2D eigenvalue weighted by Gasteiger charge is -2.26. The lowest BCUT2D eigenvalue weighted by atomic mass is 10.0. The van der Waals surface area contributed by atoms with Crippen LogP contribution in [-0.4, -0.2) is 37.0 Å². The van der Waals surface area contributed by atoms with Gasteiger partial charge in [0, 0.05) is 15.2 Å². The summed E-state index contributed by atoms with van der Waals surface area (Å²) >= 11 is 1.78. The summed E-state index contributed by atoms with van der Waals surface area (Å²) in [7, 11) is 1.19. The topological polar surface area (TPSA) is 83.8 Å². The summed E-state index contributed by atoms with van der Waals surface area (Å²) < 4.78 is 30.6. The van der Waals surface area contributed by atoms with Gasteiger partial charge in [-0.3, -0.25) is 4.79 Å². The zero-order chi connectivity index (χ0) is 21.0. The molecule has 0 aliphatic heterocycles. The van der Waals surface area contributed by atoms with Gasteiger partial charge in [-0.15, -0.1) is 0 Å². The second kappa shape index (κ2) is 9.35. The monoisotopic (exact) mass is 505 g/mol. The molecule has 1 aromatic carbocycles. The van der Waals surface area contributed by atoms with Gasteiger partial charge in [0.25, 0.3) is 0 Å². The fourth-order valence-electron chi connectivity index (χ4n) is 2.78. The summed E-state index contributed by atoms with van der Waals surface area (Å²) in [6.45, 7) is 5.41. The maximum Gasteiger partial charge on any atom is 0.508 e. The summed E-state index contributed by atoms with van der Waals surface area (Å²) in [6, 6.07) is 2.15. The van der Waals surface area contributed by atoms with E-state index in [0.29, 0.717) is 5.52 Å². The van der Waals surface area contributed by atoms with Crippen molar-refractivity contribution < 1.29 is 28.2 Å². The van der Waals surface area contributed by atoms with E-state index in [1.165, 1.54) is 25.4 Å². The molecule has 0 saturated heterocycles. The number of pyridine rings is 1. The fraction of sp³-hybridized carbons (Fsp3) is 0.421. The third kappa shape index (κ3) is 4.62. The Labute approximate surface area is 174 Å². The van der Waals surface area contributed by atoms with Crippen LogP contribution in [0.25, 0.3) is 10.9 Å². The van der Waals surface area contributed by atoms with Gasteiger partial charge in [-0.2, -0.15) is 0 Å². The number of nitrogens with zero attached hydrogens (tertiary/aromatic N) is 1. The molecule has 0 unspecified atom stereocenters. The second-order valence-electron chi connectivity index (χ2n) is 6.36. The average Bonchev–Trinajstić information content (AvgIpc) is 2.64. The standard InChI is InChI=1S/C19H21FINO6/c1-5-27-18(24)12-8-22(16(10(2)3)9-28-19(25)26-4)15-7-13(20)14(21)6-11(15)17(12)23/h6-8,10,16H,5,9H2,1-4H3/t16-/m1/s1. The van der Waals surface area contributed by atoms with Crippen molar-refractivity contribution in [1.29, 1.82) is 0 Å². The molecular weight excluding hydrogens is 484 g/mol. The number of ether oxygens (including phenoxy) is 3. The molecule has 2 rings (SSSR count). The van der Waals surface area contributed by atoms with E-state index in [4.69, 9.17) is 9.47 Å². The van der Waals surface area contributed by atoms with Gasteiger partial charge in [0.2, 0.25) is 5.43 Å². The molecule has 7 nitrogen and oxygen atoms in total. The predicted octanol–water partition coefficient (Wildman–Crippen LogP) is 3.90. The second-order valence-corrected chi connectivity index (χ2v) is 7.52. The highest BCUT2D eigenvalue weighted by Gasteiger charge is 2.24. The van der Waals surface area contributed by atoms with Gasteiger partial charge in [0.05, 0.1) is 25.3 Å². The molecule has 0 fully saturated rings. The van der Waals surface area contributed by atoms with Gasteiger partial charge in [0.1, 0.15) is 18.0 Å². The summed E-state index contributed by atoms with van der Waals surface area (Å²) in [4.78, 5) is 36.5. The van der Waals surface area contributed by atoms with Crippen LogP contribution in [0.1, 0.15) is 37.2 Å². The predicted molar refractivity (Wildman–Crippen MR) is 109 cm³/mol. The zero-order valence-electron chi connectivity index (χ0n) is 16.0. The van der Waals surface area contributed by atoms with E-state index in [-0.39, 0.29) is 33.7 Å². The number of benzene rings is 1. The Kier molecular flexibility index (Phi) is 7.39. The van der Waals surface area contributed by atoms with Gasteiger partial charge >= 0.3 is 12.1 Å². The van der Waals surface area contributed by atoms with Crippen LogP contribution in [0, 0.1) is 15.3 Å². The van der Waals surface area contributed by atoms with Gasteiger partial charge < -0.3 is 18.8 Å². The number of methoxy groups -OCH3 is 1. The molecule has 1 aromatic heterocycles. The first-order chi connectivity index (χ1) is 13.2. The van der Waals surface area contributed by atoms with E-state index in [9.17, 15) is 18.8 Å². The minimum Gasteiger partial charge on any atom is -0.462 e. The molecule has 2 aromatic rings. The van der Waals surface area contributed by atoms with E-state index >= 15 is 0 Å². The maximum absolute atomic E-state index is 14.3. The van der Waals surface area contributed by atoms with Gasteiger partial charge in [-0.1, -0.05) is 13.8 Å². The Bertz CT molecular complexity index is 956. The number of hydrogen-bond acceptors (Lipinski definition) is 6. The lowest BCUT2D eigenvalue weighted by Crippen LogP contribution is -2.28. The molecular formula is C19H21FINO6. The van der Waals surface area contributed by atoms with Crippen LogP contribution >= 0.6 is 22.6 Å². The first kappa shape index (κ1) is 22.1. The molecule has 1 heterocycles. The smallest absolute Gasteiger partial charge is 0.462 e. The number of esters is 1. The Balaban J connectivity index is 2.74. The molecule has 0 spiro atoms. The van der Waals surface area contributed by atoms with Crippen LogP contribution in [0.4, 0.5) is 9.18 Å². The highest BCUT2D eigenvalue weighted by Crippen LogP contribution is 2.26. The Morgan fingerprint density at radius 2 is 1.93 bits per heavy atom. The number of carbonyl (C=O) groups excluding carboxylic acids is 2. The van der Waals surface area contributed by atoms with Crippen molar-refractivity contribution in [1.82, 2.24) is 4.57 Å². The van der Waals surface area contributed by atoms with E-state index in [1.807, 2.05) is 13.8 Å². The maximum atomic E-state index is 14.3. The van der Waals surface area contributed by atoms with Crippen LogP contribution in [-0.2, 0) is 14.2 Å². The van der Waals surface area contributed by atoms with Crippen LogP contribution in [0.15, 0.2) is 23.1 Å². The first-order valence-corrected chi connectivity index (χ1v) is 9.70. The third-order valence-corrected chi connectivity index (χ3v) is 5.06. The van der Waals surface area contributed by atoms with Crippen LogP contribution in [0.3, 0.4) is 0 Å². The summed E-state index contributed by atoms with van der Waals surface area (Å²) in [5.74, 6) is -1.34. The Morgan fingerprint density at radius 3 is 2.50 bits per heavy atom. The van der Waals surface area contributed by atoms with Crippen molar-refractivity contribution in [2.45, 2.75) is 26.8 Å². The van der Waals surface area contributed by atoms with Crippen molar-refractivity contribution in [3.8, 4) is 0 Å². The summed E-state index contributed by atoms with van der Waals surface area (Å²) in [6.07, 6.45) is 0.475. The number of aromatic nitrogens is 1. The lowest BCUT2D eigenvalue weighted by molar-refractivity contribution is 0.0510. The number of hydrogen-bond donors (Lipinski definition) is 0. The van der Waals surface area contributed by atoms with E-state index in [1.54, 1.807) is 34.1 Å². The molecule has 9 heteroatoms. The number of rotatable bonds is 6. The van der Waals surface area contributed by atoms with Crippen molar-refractivity contribution in [2.75, 3.05) is 20.3 Å². The molecule has 1 atom stereocenters. The summed E-state index contributed by atoms with van der Waals surface area (Å²) in [5, 5.41) is 0.181. The first-order valence-electron chi connectivity index (χ1n) is 8.63. The van der Waals surface area contributed by atoms with E-state index in [0.717, 1.165) is 0 Å². The Morgan fingerprint density at radius 1 is 1.25 bits per heavy atom. The highest BCUT2D eigenvalue weighted by molar-refractivity contribution is 14.1. The quantitative estimate of drug-likeness (QED) is 0.438. The van der Waals surface area contributed by atoms with Crippen LogP contribution in [0.2, 0.25) is 0 Å². The zero-order valence-corrected chi connectivity index (χ0v) is 18.1. The highest BCUT2D eigenvalue weighted by atomic mass is 127. The number of halogens is 2. The van der Waals surface area contributed by atoms with E-state index < -0.39 is 29.4 Å². The Hall–Kier alpha value is -2.17. The minimum atomic E-state index is -0.859. The van der Waals surface area contributed by atoms with E-state index in [2.05, 4.69) is 4.74 Å². The molecule has 0 radical (unpaired) electrons. The summed E-state index contributed by atoms with van der Waals surface area (Å²) in [5.41, 5.74) is -0.414. The van der Waals surface area contributed by atoms with Crippen LogP contribution in [0.5, 0.6) is 0 Å². The van der Waals surface area contributed by atoms with Crippen LogP contribution < -0.4 is 5.43 Å². The normalized spacial score (nSPS) is 12.1. The van der Waals surface area contributed by atoms with Crippen molar-refractivity contribution in [2.24, 2.45) is 5.92 Å². The molecule has 0 saturated carbocycles. The molecule has 0 N–H and O–H groups in total. The molecule has 152 valence electrons. The SMILES string of the molecule is CCOC(=O)c1cn([C@H](COC(=O)OC)C(C)C)c2cc(F)c(I)cc2c1=O. The molecule has 28 heavy (non-hydrogen) atoms. The van der Waals surface area contributed by atoms with Gasteiger partial charge in [0.15, 0.2) is 0 Å². The number of fused-ring (bicyclic) bond motifs is 1. The molecule has 0 bridgehead atoms. The average molecular weight is 505 g/mol. The fourth-order valence-corrected chi connectivity index (χ4v) is 3.25. The number of carbonyl (C=O) groups is 2. The molecule has 0 amide bonds. The van der Waals surface area contributed by atoms with Gasteiger partial charge in [-0.05, 0) is 47.6 Å². The van der Waals surface area contributed by atoms with Crippen molar-refractivity contribution in [3.05, 3.63) is 43.5 Å². The van der Waals surface area contributed by atoms with Crippen molar-refractivity contribution in [3.63, 3.8) is 0 Å². The molecule has 0 aliphatic carbocycles. The molecule has 0 aliphatic rings.